The van der Waals surface area contributed by atoms with Gasteiger partial charge in [0.25, 0.3) is 0 Å². The van der Waals surface area contributed by atoms with Crippen LogP contribution in [-0.4, -0.2) is 16.1 Å². The Labute approximate surface area is 119 Å². The second kappa shape index (κ2) is 6.22. The number of aryl methyl sites for hydroxylation is 2. The molecule has 2 aromatic rings. The van der Waals surface area contributed by atoms with E-state index in [4.69, 9.17) is 11.6 Å². The minimum atomic E-state index is 0.0815. The molecular weight excluding hydrogens is 258 g/mol. The standard InChI is InChI=1S/C15H20ClN3/c1-4-7-17-14(15-18-8-9-19(15)3)12-6-5-11(2)13(16)10-12/h5-6,8-10,14,17H,4,7H2,1-3H3. The number of nitrogens with one attached hydrogen (secondary N) is 1. The Hall–Kier alpha value is -1.32. The molecule has 0 spiro atoms. The van der Waals surface area contributed by atoms with Crippen LogP contribution >= 0.6 is 11.6 Å². The van der Waals surface area contributed by atoms with E-state index in [-0.39, 0.29) is 6.04 Å². The summed E-state index contributed by atoms with van der Waals surface area (Å²) < 4.78 is 2.04. The van der Waals surface area contributed by atoms with E-state index in [1.54, 1.807) is 0 Å². The van der Waals surface area contributed by atoms with Gasteiger partial charge in [0.15, 0.2) is 0 Å². The number of halogens is 1. The predicted molar refractivity (Wildman–Crippen MR) is 79.5 cm³/mol. The Kier molecular flexibility index (Phi) is 4.61. The van der Waals surface area contributed by atoms with E-state index in [9.17, 15) is 0 Å². The topological polar surface area (TPSA) is 29.9 Å². The number of nitrogens with zero attached hydrogens (tertiary/aromatic N) is 2. The Bertz CT molecular complexity index is 548. The molecule has 1 unspecified atom stereocenters. The minimum Gasteiger partial charge on any atom is -0.336 e. The maximum Gasteiger partial charge on any atom is 0.130 e. The molecule has 0 amide bonds. The number of imidazole rings is 1. The Balaban J connectivity index is 2.37. The van der Waals surface area contributed by atoms with Gasteiger partial charge >= 0.3 is 0 Å². The van der Waals surface area contributed by atoms with Gasteiger partial charge in [-0.1, -0.05) is 30.7 Å². The third-order valence-electron chi connectivity index (χ3n) is 3.24. The molecule has 0 fully saturated rings. The minimum absolute atomic E-state index is 0.0815. The van der Waals surface area contributed by atoms with Crippen LogP contribution in [0.3, 0.4) is 0 Å². The normalized spacial score (nSPS) is 12.6. The molecule has 1 heterocycles. The summed E-state index contributed by atoms with van der Waals surface area (Å²) in [5.41, 5.74) is 2.25. The van der Waals surface area contributed by atoms with Gasteiger partial charge in [0.1, 0.15) is 5.82 Å². The molecule has 19 heavy (non-hydrogen) atoms. The van der Waals surface area contributed by atoms with Crippen LogP contribution in [0.4, 0.5) is 0 Å². The molecule has 3 nitrogen and oxygen atoms in total. The van der Waals surface area contributed by atoms with E-state index >= 15 is 0 Å². The van der Waals surface area contributed by atoms with Crippen molar-refractivity contribution in [3.05, 3.63) is 52.6 Å². The zero-order valence-corrected chi connectivity index (χ0v) is 12.4. The summed E-state index contributed by atoms with van der Waals surface area (Å²) in [6.07, 6.45) is 4.87. The van der Waals surface area contributed by atoms with Crippen LogP contribution in [0.2, 0.25) is 5.02 Å². The lowest BCUT2D eigenvalue weighted by molar-refractivity contribution is 0.555. The zero-order chi connectivity index (χ0) is 13.8. The van der Waals surface area contributed by atoms with Gasteiger partial charge in [-0.2, -0.15) is 0 Å². The van der Waals surface area contributed by atoms with Gasteiger partial charge in [-0.05, 0) is 37.1 Å². The highest BCUT2D eigenvalue weighted by Gasteiger charge is 2.18. The maximum atomic E-state index is 6.24. The highest BCUT2D eigenvalue weighted by Crippen LogP contribution is 2.25. The summed E-state index contributed by atoms with van der Waals surface area (Å²) in [6, 6.07) is 6.28. The average molecular weight is 278 g/mol. The first-order valence-corrected chi connectivity index (χ1v) is 6.98. The Morgan fingerprint density at radius 3 is 2.79 bits per heavy atom. The number of aromatic nitrogens is 2. The summed E-state index contributed by atoms with van der Waals surface area (Å²) in [7, 11) is 2.01. The lowest BCUT2D eigenvalue weighted by Gasteiger charge is -2.19. The molecule has 0 bridgehead atoms. The molecule has 102 valence electrons. The first-order valence-electron chi connectivity index (χ1n) is 6.60. The molecule has 0 aliphatic carbocycles. The molecule has 0 aliphatic rings. The molecule has 2 rings (SSSR count). The third-order valence-corrected chi connectivity index (χ3v) is 3.65. The number of benzene rings is 1. The largest absolute Gasteiger partial charge is 0.336 e. The van der Waals surface area contributed by atoms with Gasteiger partial charge in [0.2, 0.25) is 0 Å². The zero-order valence-electron chi connectivity index (χ0n) is 11.7. The summed E-state index contributed by atoms with van der Waals surface area (Å²) in [6.45, 7) is 5.12. The lowest BCUT2D eigenvalue weighted by Crippen LogP contribution is -2.25. The summed E-state index contributed by atoms with van der Waals surface area (Å²) in [5, 5.41) is 4.33. The van der Waals surface area contributed by atoms with Gasteiger partial charge in [0, 0.05) is 24.5 Å². The van der Waals surface area contributed by atoms with E-state index < -0.39 is 0 Å². The highest BCUT2D eigenvalue weighted by molar-refractivity contribution is 6.31. The van der Waals surface area contributed by atoms with Crippen molar-refractivity contribution in [2.75, 3.05) is 6.54 Å². The third kappa shape index (κ3) is 3.17. The fourth-order valence-corrected chi connectivity index (χ4v) is 2.28. The van der Waals surface area contributed by atoms with Crippen LogP contribution in [0.15, 0.2) is 30.6 Å². The first-order chi connectivity index (χ1) is 9.13. The second-order valence-electron chi connectivity index (χ2n) is 4.79. The van der Waals surface area contributed by atoms with Crippen LogP contribution in [0, 0.1) is 6.92 Å². The molecule has 0 aliphatic heterocycles. The predicted octanol–water partition coefficient (Wildman–Crippen LogP) is 3.47. The molecule has 0 radical (unpaired) electrons. The monoisotopic (exact) mass is 277 g/mol. The van der Waals surface area contributed by atoms with Crippen LogP contribution < -0.4 is 5.32 Å². The Morgan fingerprint density at radius 2 is 2.21 bits per heavy atom. The fraction of sp³-hybridized carbons (Fsp3) is 0.400. The molecule has 1 N–H and O–H groups in total. The molecule has 1 atom stereocenters. The van der Waals surface area contributed by atoms with E-state index in [2.05, 4.69) is 29.4 Å². The number of rotatable bonds is 5. The van der Waals surface area contributed by atoms with E-state index in [0.717, 1.165) is 34.9 Å². The fourth-order valence-electron chi connectivity index (χ4n) is 2.09. The summed E-state index contributed by atoms with van der Waals surface area (Å²) in [5.74, 6) is 1.01. The van der Waals surface area contributed by atoms with Crippen molar-refractivity contribution < 1.29 is 0 Å². The molecule has 1 aromatic heterocycles. The quantitative estimate of drug-likeness (QED) is 0.907. The SMILES string of the molecule is CCCNC(c1ccc(C)c(Cl)c1)c1nccn1C. The van der Waals surface area contributed by atoms with Crippen molar-refractivity contribution >= 4 is 11.6 Å². The number of hydrogen-bond acceptors (Lipinski definition) is 2. The lowest BCUT2D eigenvalue weighted by atomic mass is 10.0. The van der Waals surface area contributed by atoms with Gasteiger partial charge in [-0.3, -0.25) is 0 Å². The van der Waals surface area contributed by atoms with Crippen molar-refractivity contribution in [1.82, 2.24) is 14.9 Å². The average Bonchev–Trinajstić information content (AvgIpc) is 2.80. The summed E-state index contributed by atoms with van der Waals surface area (Å²) in [4.78, 5) is 4.45. The van der Waals surface area contributed by atoms with E-state index in [0.29, 0.717) is 0 Å². The van der Waals surface area contributed by atoms with Crippen LogP contribution in [0.25, 0.3) is 0 Å². The summed E-state index contributed by atoms with van der Waals surface area (Å²) >= 11 is 6.24. The van der Waals surface area contributed by atoms with E-state index in [1.807, 2.05) is 37.0 Å². The molecule has 0 saturated heterocycles. The van der Waals surface area contributed by atoms with Crippen molar-refractivity contribution in [3.63, 3.8) is 0 Å². The van der Waals surface area contributed by atoms with Gasteiger partial charge in [0.05, 0.1) is 6.04 Å². The van der Waals surface area contributed by atoms with Gasteiger partial charge < -0.3 is 9.88 Å². The van der Waals surface area contributed by atoms with Gasteiger partial charge in [-0.15, -0.1) is 0 Å². The van der Waals surface area contributed by atoms with Crippen molar-refractivity contribution in [2.45, 2.75) is 26.3 Å². The second-order valence-corrected chi connectivity index (χ2v) is 5.20. The van der Waals surface area contributed by atoms with Gasteiger partial charge in [-0.25, -0.2) is 4.98 Å². The molecular formula is C15H20ClN3. The molecule has 1 aromatic carbocycles. The van der Waals surface area contributed by atoms with Crippen molar-refractivity contribution in [2.24, 2.45) is 7.05 Å². The first kappa shape index (κ1) is 14.1. The van der Waals surface area contributed by atoms with Crippen LogP contribution in [0.1, 0.15) is 36.3 Å². The smallest absolute Gasteiger partial charge is 0.130 e. The van der Waals surface area contributed by atoms with Crippen LogP contribution in [-0.2, 0) is 7.05 Å². The van der Waals surface area contributed by atoms with E-state index in [1.165, 1.54) is 0 Å². The molecule has 4 heteroatoms. The number of hydrogen-bond donors (Lipinski definition) is 1. The highest BCUT2D eigenvalue weighted by atomic mass is 35.5. The Morgan fingerprint density at radius 1 is 1.42 bits per heavy atom. The van der Waals surface area contributed by atoms with Crippen molar-refractivity contribution in [3.8, 4) is 0 Å². The van der Waals surface area contributed by atoms with Crippen LogP contribution in [0.5, 0.6) is 0 Å². The molecule has 0 saturated carbocycles. The maximum absolute atomic E-state index is 6.24. The van der Waals surface area contributed by atoms with Crippen molar-refractivity contribution in [1.29, 1.82) is 0 Å².